The number of rotatable bonds is 3. The van der Waals surface area contributed by atoms with Crippen LogP contribution in [0.15, 0.2) is 42.5 Å². The summed E-state index contributed by atoms with van der Waals surface area (Å²) in [6, 6.07) is 12.2. The summed E-state index contributed by atoms with van der Waals surface area (Å²) in [6.07, 6.45) is 3.09. The lowest BCUT2D eigenvalue weighted by atomic mass is 9.81. The molecule has 1 heterocycles. The molecule has 0 aromatic heterocycles. The molecule has 4 atom stereocenters. The van der Waals surface area contributed by atoms with Gasteiger partial charge in [-0.15, -0.1) is 0 Å². The van der Waals surface area contributed by atoms with E-state index in [1.54, 1.807) is 30.3 Å². The molecule has 2 aromatic rings. The molecule has 1 aliphatic heterocycles. The van der Waals surface area contributed by atoms with Crippen LogP contribution in [0.2, 0.25) is 0 Å². The fourth-order valence-electron chi connectivity index (χ4n) is 5.43. The van der Waals surface area contributed by atoms with Gasteiger partial charge in [-0.1, -0.05) is 18.2 Å². The molecule has 0 N–H and O–H groups in total. The summed E-state index contributed by atoms with van der Waals surface area (Å²) in [5.41, 5.74) is 2.73. The van der Waals surface area contributed by atoms with Gasteiger partial charge in [-0.05, 0) is 80.3 Å². The maximum atomic E-state index is 13.0. The number of hydrogen-bond donors (Lipinski definition) is 0. The van der Waals surface area contributed by atoms with Crippen molar-refractivity contribution in [2.75, 3.05) is 4.90 Å². The first kappa shape index (κ1) is 18.1. The summed E-state index contributed by atoms with van der Waals surface area (Å²) in [7, 11) is 0. The van der Waals surface area contributed by atoms with Crippen LogP contribution in [0, 0.1) is 37.5 Å². The lowest BCUT2D eigenvalue weighted by Gasteiger charge is -2.19. The number of carbonyl (C=O) groups is 3. The number of imide groups is 1. The standard InChI is InChI=1S/C24H23NO4/c1-13-5-3-8-19(14(13)2)29-24(28)17-6-4-7-18(12-17)25-22(26)20-15-9-10-16(11-15)21(20)23(25)27/h3-8,12,15-16,20-21H,9-11H2,1-2H3/t15-,16-,20-,21+/m0/s1. The summed E-state index contributed by atoms with van der Waals surface area (Å²) in [4.78, 5) is 40.1. The van der Waals surface area contributed by atoms with Gasteiger partial charge in [0.05, 0.1) is 23.1 Å². The third kappa shape index (κ3) is 2.71. The number of amides is 2. The molecule has 148 valence electrons. The van der Waals surface area contributed by atoms with Gasteiger partial charge in [-0.2, -0.15) is 0 Å². The summed E-state index contributed by atoms with van der Waals surface area (Å²) >= 11 is 0. The molecule has 0 radical (unpaired) electrons. The zero-order chi connectivity index (χ0) is 20.3. The Balaban J connectivity index is 1.42. The van der Waals surface area contributed by atoms with E-state index in [9.17, 15) is 14.4 Å². The van der Waals surface area contributed by atoms with E-state index in [-0.39, 0.29) is 23.7 Å². The minimum Gasteiger partial charge on any atom is -0.423 e. The molecule has 2 saturated carbocycles. The van der Waals surface area contributed by atoms with Gasteiger partial charge >= 0.3 is 5.97 Å². The number of esters is 1. The van der Waals surface area contributed by atoms with Crippen molar-refractivity contribution < 1.29 is 19.1 Å². The van der Waals surface area contributed by atoms with Gasteiger partial charge in [0.2, 0.25) is 11.8 Å². The predicted octanol–water partition coefficient (Wildman–Crippen LogP) is 4.06. The van der Waals surface area contributed by atoms with E-state index in [4.69, 9.17) is 4.74 Å². The highest BCUT2D eigenvalue weighted by Gasteiger charge is 2.61. The average Bonchev–Trinajstić information content (AvgIpc) is 3.39. The topological polar surface area (TPSA) is 63.7 Å². The van der Waals surface area contributed by atoms with Crippen LogP contribution >= 0.6 is 0 Å². The van der Waals surface area contributed by atoms with Gasteiger partial charge in [-0.3, -0.25) is 14.5 Å². The molecule has 2 amide bonds. The number of hydrogen-bond acceptors (Lipinski definition) is 4. The van der Waals surface area contributed by atoms with Crippen LogP contribution in [-0.4, -0.2) is 17.8 Å². The Bertz CT molecular complexity index is 1010. The summed E-state index contributed by atoms with van der Waals surface area (Å²) in [5.74, 6) is 0.130. The summed E-state index contributed by atoms with van der Waals surface area (Å²) in [6.45, 7) is 3.87. The Kier molecular flexibility index (Phi) is 4.09. The van der Waals surface area contributed by atoms with Gasteiger partial charge in [0.1, 0.15) is 5.75 Å². The molecular formula is C24H23NO4. The molecule has 1 saturated heterocycles. The number of fused-ring (bicyclic) bond motifs is 5. The van der Waals surface area contributed by atoms with Crippen molar-refractivity contribution in [1.82, 2.24) is 0 Å². The molecule has 2 bridgehead atoms. The molecule has 29 heavy (non-hydrogen) atoms. The number of anilines is 1. The second kappa shape index (κ2) is 6.55. The van der Waals surface area contributed by atoms with Crippen molar-refractivity contribution in [2.24, 2.45) is 23.7 Å². The van der Waals surface area contributed by atoms with E-state index >= 15 is 0 Å². The Morgan fingerprint density at radius 2 is 1.62 bits per heavy atom. The van der Waals surface area contributed by atoms with Gasteiger partial charge in [-0.25, -0.2) is 4.79 Å². The average molecular weight is 389 g/mol. The van der Waals surface area contributed by atoms with Gasteiger partial charge < -0.3 is 4.74 Å². The molecule has 0 unspecified atom stereocenters. The maximum absolute atomic E-state index is 13.0. The zero-order valence-electron chi connectivity index (χ0n) is 16.6. The first-order chi connectivity index (χ1) is 14.0. The van der Waals surface area contributed by atoms with Crippen molar-refractivity contribution in [2.45, 2.75) is 33.1 Å². The highest BCUT2D eigenvalue weighted by atomic mass is 16.5. The highest BCUT2D eigenvalue weighted by Crippen LogP contribution is 2.56. The molecule has 0 spiro atoms. The quantitative estimate of drug-likeness (QED) is 0.451. The highest BCUT2D eigenvalue weighted by molar-refractivity contribution is 6.22. The Morgan fingerprint density at radius 3 is 2.31 bits per heavy atom. The normalized spacial score (nSPS) is 27.4. The second-order valence-electron chi connectivity index (χ2n) is 8.53. The first-order valence-corrected chi connectivity index (χ1v) is 10.2. The van der Waals surface area contributed by atoms with Crippen molar-refractivity contribution in [3.05, 3.63) is 59.2 Å². The van der Waals surface area contributed by atoms with E-state index in [0.717, 1.165) is 30.4 Å². The number of ether oxygens (including phenoxy) is 1. The Morgan fingerprint density at radius 1 is 0.966 bits per heavy atom. The fourth-order valence-corrected chi connectivity index (χ4v) is 5.43. The third-order valence-corrected chi connectivity index (χ3v) is 7.03. The van der Waals surface area contributed by atoms with Crippen LogP contribution in [0.5, 0.6) is 5.75 Å². The molecule has 5 nitrogen and oxygen atoms in total. The van der Waals surface area contributed by atoms with Crippen LogP contribution in [-0.2, 0) is 9.59 Å². The molecule has 2 aromatic carbocycles. The third-order valence-electron chi connectivity index (χ3n) is 7.03. The fraction of sp³-hybridized carbons (Fsp3) is 0.375. The van der Waals surface area contributed by atoms with E-state index in [1.807, 2.05) is 26.0 Å². The van der Waals surface area contributed by atoms with E-state index in [1.165, 1.54) is 4.90 Å². The van der Waals surface area contributed by atoms with E-state index < -0.39 is 5.97 Å². The minimum absolute atomic E-state index is 0.104. The number of carbonyl (C=O) groups excluding carboxylic acids is 3. The maximum Gasteiger partial charge on any atom is 0.343 e. The van der Waals surface area contributed by atoms with Gasteiger partial charge in [0.25, 0.3) is 0 Å². The molecule has 3 aliphatic rings. The number of aryl methyl sites for hydroxylation is 1. The molecular weight excluding hydrogens is 366 g/mol. The van der Waals surface area contributed by atoms with Crippen LogP contribution in [0.25, 0.3) is 0 Å². The SMILES string of the molecule is Cc1cccc(OC(=O)c2cccc(N3C(=O)[C@@H]4[C@H]5CC[C@@H](C5)[C@@H]4C3=O)c2)c1C. The minimum atomic E-state index is -0.500. The Hall–Kier alpha value is -2.95. The smallest absolute Gasteiger partial charge is 0.343 e. The van der Waals surface area contributed by atoms with Crippen molar-refractivity contribution in [1.29, 1.82) is 0 Å². The van der Waals surface area contributed by atoms with Crippen molar-refractivity contribution in [3.8, 4) is 5.75 Å². The first-order valence-electron chi connectivity index (χ1n) is 10.2. The molecule has 2 aliphatic carbocycles. The second-order valence-corrected chi connectivity index (χ2v) is 8.53. The molecule has 3 fully saturated rings. The van der Waals surface area contributed by atoms with Crippen LogP contribution in [0.3, 0.4) is 0 Å². The van der Waals surface area contributed by atoms with Gasteiger partial charge in [0.15, 0.2) is 0 Å². The van der Waals surface area contributed by atoms with Crippen LogP contribution in [0.1, 0.15) is 40.7 Å². The Labute approximate surface area is 169 Å². The zero-order valence-corrected chi connectivity index (χ0v) is 16.6. The largest absolute Gasteiger partial charge is 0.423 e. The molecule has 5 heteroatoms. The van der Waals surface area contributed by atoms with Crippen LogP contribution < -0.4 is 9.64 Å². The predicted molar refractivity (Wildman–Crippen MR) is 108 cm³/mol. The van der Waals surface area contributed by atoms with Crippen molar-refractivity contribution in [3.63, 3.8) is 0 Å². The number of nitrogens with zero attached hydrogens (tertiary/aromatic N) is 1. The van der Waals surface area contributed by atoms with Crippen molar-refractivity contribution >= 4 is 23.5 Å². The van der Waals surface area contributed by atoms with Crippen LogP contribution in [0.4, 0.5) is 5.69 Å². The lowest BCUT2D eigenvalue weighted by Crippen LogP contribution is -2.32. The summed E-state index contributed by atoms with van der Waals surface area (Å²) in [5, 5.41) is 0. The number of benzene rings is 2. The summed E-state index contributed by atoms with van der Waals surface area (Å²) < 4.78 is 5.57. The van der Waals surface area contributed by atoms with E-state index in [0.29, 0.717) is 28.8 Å². The van der Waals surface area contributed by atoms with Gasteiger partial charge in [0, 0.05) is 0 Å². The lowest BCUT2D eigenvalue weighted by molar-refractivity contribution is -0.123. The monoisotopic (exact) mass is 389 g/mol. The molecule has 5 rings (SSSR count). The van der Waals surface area contributed by atoms with E-state index in [2.05, 4.69) is 0 Å².